The molecule has 0 bridgehead atoms. The number of allylic oxidation sites excluding steroid dienone is 1. The molecule has 0 heterocycles. The molecule has 1 rings (SSSR count). The Morgan fingerprint density at radius 1 is 1.10 bits per heavy atom. The van der Waals surface area contributed by atoms with Gasteiger partial charge >= 0.3 is 0 Å². The second-order valence-corrected chi connectivity index (χ2v) is 5.31. The Kier molecular flexibility index (Phi) is 9.32. The lowest BCUT2D eigenvalue weighted by molar-refractivity contribution is 0.578. The third-order valence-corrected chi connectivity index (χ3v) is 3.48. The Morgan fingerprint density at radius 2 is 1.80 bits per heavy atom. The zero-order valence-corrected chi connectivity index (χ0v) is 12.7. The van der Waals surface area contributed by atoms with Crippen LogP contribution in [0.15, 0.2) is 24.3 Å². The molecule has 1 radical (unpaired) electrons. The topological polar surface area (TPSA) is 23.8 Å². The van der Waals surface area contributed by atoms with Crippen LogP contribution in [-0.2, 0) is 0 Å². The first-order valence-corrected chi connectivity index (χ1v) is 7.95. The third kappa shape index (κ3) is 7.79. The van der Waals surface area contributed by atoms with Gasteiger partial charge in [0, 0.05) is 6.07 Å². The monoisotopic (exact) mass is 268 g/mol. The number of nitrogens with zero attached hydrogens (tertiary/aromatic N) is 1. The molecule has 1 aromatic carbocycles. The van der Waals surface area contributed by atoms with Gasteiger partial charge in [-0.2, -0.15) is 5.26 Å². The van der Waals surface area contributed by atoms with E-state index in [1.165, 1.54) is 51.4 Å². The van der Waals surface area contributed by atoms with E-state index in [9.17, 15) is 0 Å². The maximum absolute atomic E-state index is 8.80. The minimum absolute atomic E-state index is 0.610. The summed E-state index contributed by atoms with van der Waals surface area (Å²) in [5.74, 6) is 0. The van der Waals surface area contributed by atoms with E-state index in [4.69, 9.17) is 5.26 Å². The molecule has 0 spiro atoms. The fraction of sp³-hybridized carbons (Fsp3) is 0.526. The second kappa shape index (κ2) is 11.3. The lowest BCUT2D eigenvalue weighted by Gasteiger charge is -2.00. The largest absolute Gasteiger partial charge is 0.192 e. The summed E-state index contributed by atoms with van der Waals surface area (Å²) >= 11 is 0. The van der Waals surface area contributed by atoms with Gasteiger partial charge in [-0.25, -0.2) is 0 Å². The van der Waals surface area contributed by atoms with Crippen molar-refractivity contribution in [3.63, 3.8) is 0 Å². The lowest BCUT2D eigenvalue weighted by Crippen LogP contribution is -1.80. The highest BCUT2D eigenvalue weighted by Gasteiger charge is 1.92. The van der Waals surface area contributed by atoms with Gasteiger partial charge < -0.3 is 0 Å². The molecule has 0 fully saturated rings. The smallest absolute Gasteiger partial charge is 0.0998 e. The van der Waals surface area contributed by atoms with Crippen LogP contribution in [0.2, 0.25) is 0 Å². The van der Waals surface area contributed by atoms with Gasteiger partial charge in [0.25, 0.3) is 0 Å². The lowest BCUT2D eigenvalue weighted by atomic mass is 10.1. The molecule has 0 aromatic heterocycles. The molecule has 0 unspecified atom stereocenters. The van der Waals surface area contributed by atoms with E-state index < -0.39 is 0 Å². The molecule has 0 aliphatic rings. The molecular formula is C19H26N. The van der Waals surface area contributed by atoms with Crippen LogP contribution in [0.4, 0.5) is 0 Å². The predicted octanol–water partition coefficient (Wildman–Crippen LogP) is 5.90. The summed E-state index contributed by atoms with van der Waals surface area (Å²) in [6, 6.07) is 10.7. The van der Waals surface area contributed by atoms with Crippen molar-refractivity contribution in [3.8, 4) is 6.07 Å². The Hall–Kier alpha value is -1.55. The Balaban J connectivity index is 2.06. The second-order valence-electron chi connectivity index (χ2n) is 5.31. The summed E-state index contributed by atoms with van der Waals surface area (Å²) < 4.78 is 0. The van der Waals surface area contributed by atoms with Crippen LogP contribution in [0.1, 0.15) is 75.8 Å². The minimum atomic E-state index is 0.610. The van der Waals surface area contributed by atoms with E-state index in [-0.39, 0.29) is 0 Å². The first-order valence-electron chi connectivity index (χ1n) is 7.95. The number of hydrogen-bond donors (Lipinski definition) is 0. The van der Waals surface area contributed by atoms with Crippen LogP contribution in [-0.4, -0.2) is 0 Å². The number of benzene rings is 1. The van der Waals surface area contributed by atoms with Gasteiger partial charge in [-0.05, 0) is 24.5 Å². The van der Waals surface area contributed by atoms with Crippen molar-refractivity contribution < 1.29 is 0 Å². The molecular weight excluding hydrogens is 242 g/mol. The van der Waals surface area contributed by atoms with E-state index in [0.717, 1.165) is 12.0 Å². The van der Waals surface area contributed by atoms with Crippen molar-refractivity contribution in [1.29, 1.82) is 5.26 Å². The molecule has 20 heavy (non-hydrogen) atoms. The predicted molar refractivity (Wildman–Crippen MR) is 86.3 cm³/mol. The zero-order valence-electron chi connectivity index (χ0n) is 12.7. The minimum Gasteiger partial charge on any atom is -0.192 e. The van der Waals surface area contributed by atoms with Gasteiger partial charge in [-0.1, -0.05) is 76.2 Å². The van der Waals surface area contributed by atoms with Crippen LogP contribution in [0, 0.1) is 17.4 Å². The highest BCUT2D eigenvalue weighted by molar-refractivity contribution is 5.51. The maximum Gasteiger partial charge on any atom is 0.0998 e. The van der Waals surface area contributed by atoms with Crippen molar-refractivity contribution in [1.82, 2.24) is 0 Å². The molecule has 0 saturated heterocycles. The van der Waals surface area contributed by atoms with Crippen LogP contribution >= 0.6 is 0 Å². The standard InChI is InChI=1S/C19H26N/c1-2-3-4-5-6-7-8-9-10-11-13-18-14-12-15-19(16-18)17-20/h11-14,16H,2-10H2,1H3/b13-11+. The Labute approximate surface area is 124 Å². The fourth-order valence-electron chi connectivity index (χ4n) is 2.27. The van der Waals surface area contributed by atoms with Crippen molar-refractivity contribution in [2.75, 3.05) is 0 Å². The molecule has 0 aliphatic heterocycles. The van der Waals surface area contributed by atoms with E-state index in [1.807, 2.05) is 18.2 Å². The summed E-state index contributed by atoms with van der Waals surface area (Å²) in [5, 5.41) is 8.80. The maximum atomic E-state index is 8.80. The van der Waals surface area contributed by atoms with E-state index in [1.54, 1.807) is 0 Å². The molecule has 0 aliphatic carbocycles. The van der Waals surface area contributed by atoms with Crippen LogP contribution < -0.4 is 0 Å². The van der Waals surface area contributed by atoms with Crippen LogP contribution in [0.25, 0.3) is 6.08 Å². The first-order chi connectivity index (χ1) is 9.86. The highest BCUT2D eigenvalue weighted by Crippen LogP contribution is 2.11. The molecule has 1 aromatic rings. The van der Waals surface area contributed by atoms with Gasteiger partial charge in [0.05, 0.1) is 11.6 Å². The van der Waals surface area contributed by atoms with Gasteiger partial charge in [-0.15, -0.1) is 0 Å². The van der Waals surface area contributed by atoms with E-state index in [0.29, 0.717) is 5.56 Å². The van der Waals surface area contributed by atoms with Gasteiger partial charge in [0.1, 0.15) is 0 Å². The molecule has 0 saturated carbocycles. The average molecular weight is 268 g/mol. The summed E-state index contributed by atoms with van der Waals surface area (Å²) in [6.07, 6.45) is 16.4. The van der Waals surface area contributed by atoms with Crippen molar-refractivity contribution in [2.45, 2.75) is 64.7 Å². The van der Waals surface area contributed by atoms with E-state index in [2.05, 4.69) is 31.2 Å². The zero-order chi connectivity index (χ0) is 14.5. The first kappa shape index (κ1) is 16.5. The van der Waals surface area contributed by atoms with Crippen LogP contribution in [0.5, 0.6) is 0 Å². The molecule has 107 valence electrons. The van der Waals surface area contributed by atoms with E-state index >= 15 is 0 Å². The molecule has 0 atom stereocenters. The van der Waals surface area contributed by atoms with Crippen molar-refractivity contribution in [3.05, 3.63) is 41.5 Å². The summed E-state index contributed by atoms with van der Waals surface area (Å²) in [7, 11) is 0. The fourth-order valence-corrected chi connectivity index (χ4v) is 2.27. The highest BCUT2D eigenvalue weighted by atomic mass is 14.2. The van der Waals surface area contributed by atoms with Gasteiger partial charge in [0.2, 0.25) is 0 Å². The van der Waals surface area contributed by atoms with Gasteiger partial charge in [0.15, 0.2) is 0 Å². The average Bonchev–Trinajstić information content (AvgIpc) is 2.49. The summed E-state index contributed by atoms with van der Waals surface area (Å²) in [6.45, 7) is 2.26. The molecule has 0 N–H and O–H groups in total. The SMILES string of the molecule is CCCCCCCCCC/C=C/c1cc[c]c(C#N)c1. The van der Waals surface area contributed by atoms with Crippen molar-refractivity contribution >= 4 is 6.08 Å². The number of hydrogen-bond acceptors (Lipinski definition) is 1. The molecule has 0 amide bonds. The number of nitriles is 1. The normalized spacial score (nSPS) is 10.8. The van der Waals surface area contributed by atoms with Crippen molar-refractivity contribution in [2.24, 2.45) is 0 Å². The van der Waals surface area contributed by atoms with Crippen LogP contribution in [0.3, 0.4) is 0 Å². The summed E-state index contributed by atoms with van der Waals surface area (Å²) in [5.41, 5.74) is 1.71. The number of rotatable bonds is 10. The third-order valence-electron chi connectivity index (χ3n) is 3.48. The molecule has 1 heteroatoms. The Bertz CT molecular complexity index is 426. The quantitative estimate of drug-likeness (QED) is 0.484. The summed E-state index contributed by atoms with van der Waals surface area (Å²) in [4.78, 5) is 0. The molecule has 1 nitrogen and oxygen atoms in total. The van der Waals surface area contributed by atoms with Gasteiger partial charge in [-0.3, -0.25) is 0 Å². The Morgan fingerprint density at radius 3 is 2.50 bits per heavy atom. The number of unbranched alkanes of at least 4 members (excludes halogenated alkanes) is 8.